The lowest BCUT2D eigenvalue weighted by Gasteiger charge is -2.38. The number of aliphatic hydroxyl groups excluding tert-OH is 1. The van der Waals surface area contributed by atoms with Gasteiger partial charge in [0, 0.05) is 30.1 Å². The molecule has 1 fully saturated rings. The van der Waals surface area contributed by atoms with Crippen molar-refractivity contribution in [1.82, 2.24) is 9.21 Å². The van der Waals surface area contributed by atoms with E-state index in [1.807, 2.05) is 7.05 Å². The number of hydrogen-bond acceptors (Lipinski definition) is 4. The van der Waals surface area contributed by atoms with Crippen LogP contribution >= 0.6 is 15.9 Å². The Kier molecular flexibility index (Phi) is 5.43. The zero-order valence-electron chi connectivity index (χ0n) is 12.3. The number of benzene rings is 1. The van der Waals surface area contributed by atoms with E-state index in [0.29, 0.717) is 23.1 Å². The summed E-state index contributed by atoms with van der Waals surface area (Å²) in [6.07, 6.45) is 0.917. The highest BCUT2D eigenvalue weighted by Crippen LogP contribution is 2.28. The van der Waals surface area contributed by atoms with Crippen molar-refractivity contribution in [3.05, 3.63) is 28.2 Å². The second-order valence-electron chi connectivity index (χ2n) is 5.33. The summed E-state index contributed by atoms with van der Waals surface area (Å²) in [7, 11) is -1.51. The largest absolute Gasteiger partial charge is 0.392 e. The lowest BCUT2D eigenvalue weighted by molar-refractivity contribution is 0.144. The van der Waals surface area contributed by atoms with Crippen LogP contribution < -0.4 is 0 Å². The average molecular weight is 377 g/mol. The maximum Gasteiger partial charge on any atom is 0.244 e. The zero-order chi connectivity index (χ0) is 15.6. The minimum atomic E-state index is -3.54. The van der Waals surface area contributed by atoms with Crippen LogP contribution in [0.15, 0.2) is 27.6 Å². The third-order valence-corrected chi connectivity index (χ3v) is 6.87. The Morgan fingerprint density at radius 3 is 2.71 bits per heavy atom. The molecule has 118 valence electrons. The van der Waals surface area contributed by atoms with Crippen LogP contribution in [0.3, 0.4) is 0 Å². The Hall–Kier alpha value is -0.470. The van der Waals surface area contributed by atoms with Crippen molar-refractivity contribution in [3.8, 4) is 0 Å². The van der Waals surface area contributed by atoms with E-state index < -0.39 is 10.0 Å². The second-order valence-corrected chi connectivity index (χ2v) is 8.09. The summed E-state index contributed by atoms with van der Waals surface area (Å²) >= 11 is 3.31. The van der Waals surface area contributed by atoms with Gasteiger partial charge >= 0.3 is 0 Å². The number of hydrogen-bond donors (Lipinski definition) is 1. The lowest BCUT2D eigenvalue weighted by atomic mass is 10.1. The molecule has 5 nitrogen and oxygen atoms in total. The van der Waals surface area contributed by atoms with Gasteiger partial charge in [-0.25, -0.2) is 8.42 Å². The first-order chi connectivity index (χ1) is 9.90. The minimum Gasteiger partial charge on any atom is -0.392 e. The van der Waals surface area contributed by atoms with E-state index in [1.165, 1.54) is 0 Å². The smallest absolute Gasteiger partial charge is 0.244 e. The molecule has 1 heterocycles. The van der Waals surface area contributed by atoms with Crippen LogP contribution in [0.4, 0.5) is 0 Å². The maximum atomic E-state index is 12.8. The molecule has 2 rings (SSSR count). The van der Waals surface area contributed by atoms with Crippen molar-refractivity contribution in [2.75, 3.05) is 26.7 Å². The Balaban J connectivity index is 2.34. The third-order valence-electron chi connectivity index (χ3n) is 4.01. The topological polar surface area (TPSA) is 60.9 Å². The van der Waals surface area contributed by atoms with Gasteiger partial charge in [0.15, 0.2) is 0 Å². The van der Waals surface area contributed by atoms with Crippen molar-refractivity contribution < 1.29 is 13.5 Å². The maximum absolute atomic E-state index is 12.8. The van der Waals surface area contributed by atoms with Gasteiger partial charge in [-0.15, -0.1) is 0 Å². The Bertz CT molecular complexity index is 606. The van der Waals surface area contributed by atoms with Gasteiger partial charge in [0.05, 0.1) is 11.5 Å². The van der Waals surface area contributed by atoms with Crippen LogP contribution in [0, 0.1) is 0 Å². The third kappa shape index (κ3) is 3.48. The molecule has 0 spiro atoms. The first-order valence-electron chi connectivity index (χ1n) is 6.99. The number of piperazine rings is 1. The normalized spacial score (nSPS) is 21.6. The SMILES string of the molecule is CCC1CN(S(=O)(=O)c2cc(CO)ccc2Br)CCN1C. The highest BCUT2D eigenvalue weighted by molar-refractivity contribution is 9.10. The summed E-state index contributed by atoms with van der Waals surface area (Å²) in [5, 5.41) is 9.21. The Labute approximate surface area is 134 Å². The van der Waals surface area contributed by atoms with E-state index in [0.717, 1.165) is 13.0 Å². The lowest BCUT2D eigenvalue weighted by Crippen LogP contribution is -2.52. The summed E-state index contributed by atoms with van der Waals surface area (Å²) in [4.78, 5) is 2.43. The van der Waals surface area contributed by atoms with E-state index in [1.54, 1.807) is 22.5 Å². The monoisotopic (exact) mass is 376 g/mol. The van der Waals surface area contributed by atoms with Crippen molar-refractivity contribution in [2.45, 2.75) is 30.9 Å². The molecule has 1 saturated heterocycles. The van der Waals surface area contributed by atoms with Crippen LogP contribution in [-0.2, 0) is 16.6 Å². The first kappa shape index (κ1) is 16.9. The first-order valence-corrected chi connectivity index (χ1v) is 9.23. The van der Waals surface area contributed by atoms with E-state index >= 15 is 0 Å². The molecule has 0 amide bonds. The molecule has 7 heteroatoms. The Morgan fingerprint density at radius 2 is 2.10 bits per heavy atom. The summed E-state index contributed by atoms with van der Waals surface area (Å²) in [5.74, 6) is 0. The molecule has 21 heavy (non-hydrogen) atoms. The summed E-state index contributed by atoms with van der Waals surface area (Å²) in [6.45, 7) is 3.63. The van der Waals surface area contributed by atoms with Gasteiger partial charge in [-0.2, -0.15) is 4.31 Å². The van der Waals surface area contributed by atoms with E-state index in [-0.39, 0.29) is 17.5 Å². The highest BCUT2D eigenvalue weighted by atomic mass is 79.9. The molecule has 0 aliphatic carbocycles. The fourth-order valence-electron chi connectivity index (χ4n) is 2.56. The Morgan fingerprint density at radius 1 is 1.38 bits per heavy atom. The molecule has 0 saturated carbocycles. The van der Waals surface area contributed by atoms with Gasteiger partial charge < -0.3 is 10.0 Å². The van der Waals surface area contributed by atoms with Gasteiger partial charge in [-0.05, 0) is 47.1 Å². The molecule has 0 aromatic heterocycles. The molecule has 1 aromatic rings. The quantitative estimate of drug-likeness (QED) is 0.867. The van der Waals surface area contributed by atoms with Gasteiger partial charge in [-0.1, -0.05) is 13.0 Å². The van der Waals surface area contributed by atoms with Crippen molar-refractivity contribution >= 4 is 26.0 Å². The van der Waals surface area contributed by atoms with Crippen LogP contribution in [-0.4, -0.2) is 55.5 Å². The molecule has 1 aliphatic heterocycles. The van der Waals surface area contributed by atoms with E-state index in [2.05, 4.69) is 27.8 Å². The number of aliphatic hydroxyl groups is 1. The molecule has 0 bridgehead atoms. The molecule has 0 radical (unpaired) electrons. The number of rotatable bonds is 4. The molecule has 1 aromatic carbocycles. The van der Waals surface area contributed by atoms with Crippen LogP contribution in [0.1, 0.15) is 18.9 Å². The average Bonchev–Trinajstić information content (AvgIpc) is 2.47. The predicted molar refractivity (Wildman–Crippen MR) is 85.5 cm³/mol. The number of sulfonamides is 1. The number of likely N-dealkylation sites (N-methyl/N-ethyl adjacent to an activating group) is 1. The molecular formula is C14H21BrN2O3S. The predicted octanol–water partition coefficient (Wildman–Crippen LogP) is 1.66. The number of halogens is 1. The fraction of sp³-hybridized carbons (Fsp3) is 0.571. The molecule has 1 unspecified atom stereocenters. The van der Waals surface area contributed by atoms with Crippen LogP contribution in [0.25, 0.3) is 0 Å². The number of nitrogens with zero attached hydrogens (tertiary/aromatic N) is 2. The van der Waals surface area contributed by atoms with Crippen molar-refractivity contribution in [1.29, 1.82) is 0 Å². The van der Waals surface area contributed by atoms with Gasteiger partial charge in [-0.3, -0.25) is 0 Å². The molecular weight excluding hydrogens is 356 g/mol. The van der Waals surface area contributed by atoms with Gasteiger partial charge in [0.1, 0.15) is 0 Å². The zero-order valence-corrected chi connectivity index (χ0v) is 14.7. The summed E-state index contributed by atoms with van der Waals surface area (Å²) in [6, 6.07) is 5.17. The van der Waals surface area contributed by atoms with Crippen LogP contribution in [0.2, 0.25) is 0 Å². The van der Waals surface area contributed by atoms with E-state index in [9.17, 15) is 13.5 Å². The van der Waals surface area contributed by atoms with Gasteiger partial charge in [0.2, 0.25) is 10.0 Å². The molecule has 1 atom stereocenters. The highest BCUT2D eigenvalue weighted by Gasteiger charge is 2.33. The van der Waals surface area contributed by atoms with Gasteiger partial charge in [0.25, 0.3) is 0 Å². The van der Waals surface area contributed by atoms with Crippen molar-refractivity contribution in [3.63, 3.8) is 0 Å². The summed E-state index contributed by atoms with van der Waals surface area (Å²) in [5.41, 5.74) is 0.595. The standard InChI is InChI=1S/C14H21BrN2O3S/c1-3-12-9-17(7-6-16(12)2)21(19,20)14-8-11(10-18)4-5-13(14)15/h4-5,8,12,18H,3,6-7,9-10H2,1-2H3. The molecule has 1 aliphatic rings. The minimum absolute atomic E-state index is 0.171. The summed E-state index contributed by atoms with van der Waals surface area (Å²) < 4.78 is 27.8. The fourth-order valence-corrected chi connectivity index (χ4v) is 5.00. The van der Waals surface area contributed by atoms with Crippen LogP contribution in [0.5, 0.6) is 0 Å². The second kappa shape index (κ2) is 6.75. The van der Waals surface area contributed by atoms with E-state index in [4.69, 9.17) is 0 Å². The van der Waals surface area contributed by atoms with Crippen molar-refractivity contribution in [2.24, 2.45) is 0 Å². The molecule has 1 N–H and O–H groups in total.